The molecule has 1 saturated heterocycles. The predicted molar refractivity (Wildman–Crippen MR) is 84.8 cm³/mol. The number of hydrogen-bond donors (Lipinski definition) is 0. The second-order valence-corrected chi connectivity index (χ2v) is 5.63. The average molecular weight is 323 g/mol. The number of urea groups is 2. The molecular formula is C16H25N3O4. The molecule has 0 aromatic rings. The van der Waals surface area contributed by atoms with Crippen molar-refractivity contribution in [2.75, 3.05) is 19.6 Å². The van der Waals surface area contributed by atoms with Crippen LogP contribution in [0.25, 0.3) is 0 Å². The fourth-order valence-electron chi connectivity index (χ4n) is 2.50. The lowest BCUT2D eigenvalue weighted by Gasteiger charge is -2.39. The van der Waals surface area contributed by atoms with Crippen molar-refractivity contribution >= 4 is 24.4 Å². The van der Waals surface area contributed by atoms with E-state index in [2.05, 4.69) is 4.99 Å². The van der Waals surface area contributed by atoms with Crippen LogP contribution in [0.15, 0.2) is 4.99 Å². The fourth-order valence-corrected chi connectivity index (χ4v) is 2.50. The number of isocyanates is 1. The Kier molecular flexibility index (Phi) is 9.55. The minimum Gasteiger partial charge on any atom is -0.303 e. The summed E-state index contributed by atoms with van der Waals surface area (Å²) in [7, 11) is 0. The zero-order valence-electron chi connectivity index (χ0n) is 13.5. The lowest BCUT2D eigenvalue weighted by Crippen LogP contribution is -2.64. The van der Waals surface area contributed by atoms with Crippen molar-refractivity contribution in [3.63, 3.8) is 0 Å². The Balaban J connectivity index is 2.05. The summed E-state index contributed by atoms with van der Waals surface area (Å²) in [5.74, 6) is 0. The maximum absolute atomic E-state index is 11.9. The molecule has 128 valence electrons. The highest BCUT2D eigenvalue weighted by molar-refractivity contribution is 6.11. The van der Waals surface area contributed by atoms with Gasteiger partial charge in [0.05, 0.1) is 6.54 Å². The van der Waals surface area contributed by atoms with Gasteiger partial charge in [0.25, 0.3) is 0 Å². The normalized spacial score (nSPS) is 13.7. The average Bonchev–Trinajstić information content (AvgIpc) is 2.56. The third-order valence-electron chi connectivity index (χ3n) is 3.84. The van der Waals surface area contributed by atoms with Crippen LogP contribution in [0.2, 0.25) is 0 Å². The van der Waals surface area contributed by atoms with Gasteiger partial charge in [-0.1, -0.05) is 25.7 Å². The molecule has 1 aliphatic heterocycles. The van der Waals surface area contributed by atoms with E-state index >= 15 is 0 Å². The smallest absolute Gasteiger partial charge is 0.303 e. The maximum atomic E-state index is 11.9. The van der Waals surface area contributed by atoms with Crippen LogP contribution in [0.3, 0.4) is 0 Å². The highest BCUT2D eigenvalue weighted by Crippen LogP contribution is 2.18. The van der Waals surface area contributed by atoms with E-state index in [1.54, 1.807) is 0 Å². The molecule has 0 saturated carbocycles. The molecule has 1 rings (SSSR count). The van der Waals surface area contributed by atoms with Crippen molar-refractivity contribution in [1.29, 1.82) is 0 Å². The van der Waals surface area contributed by atoms with E-state index in [-0.39, 0.29) is 12.1 Å². The Morgan fingerprint density at radius 3 is 1.87 bits per heavy atom. The monoisotopic (exact) mass is 323 g/mol. The van der Waals surface area contributed by atoms with Crippen LogP contribution in [0, 0.1) is 0 Å². The Hall–Kier alpha value is -2.01. The van der Waals surface area contributed by atoms with Crippen molar-refractivity contribution in [3.05, 3.63) is 0 Å². The van der Waals surface area contributed by atoms with Gasteiger partial charge in [-0.25, -0.2) is 29.2 Å². The number of carbonyl (C=O) groups is 3. The first kappa shape index (κ1) is 19.0. The molecule has 0 N–H and O–H groups in total. The Morgan fingerprint density at radius 2 is 1.35 bits per heavy atom. The number of nitrogens with zero attached hydrogens (tertiary/aromatic N) is 3. The summed E-state index contributed by atoms with van der Waals surface area (Å²) >= 11 is 0. The molecule has 7 heteroatoms. The highest BCUT2D eigenvalue weighted by atomic mass is 16.2. The topological polar surface area (TPSA) is 87.1 Å². The largest absolute Gasteiger partial charge is 0.336 e. The van der Waals surface area contributed by atoms with Gasteiger partial charge in [-0.2, -0.15) is 0 Å². The number of aliphatic imine (C=N–C) groups is 1. The van der Waals surface area contributed by atoms with E-state index in [0.29, 0.717) is 26.1 Å². The molecule has 0 unspecified atom stereocenters. The molecule has 0 bridgehead atoms. The summed E-state index contributed by atoms with van der Waals surface area (Å²) in [6, 6.07) is -0.401. The zero-order valence-corrected chi connectivity index (χ0v) is 13.5. The summed E-state index contributed by atoms with van der Waals surface area (Å²) in [5.41, 5.74) is 0. The van der Waals surface area contributed by atoms with E-state index in [4.69, 9.17) is 0 Å². The number of aldehydes is 1. The van der Waals surface area contributed by atoms with Crippen LogP contribution in [0.4, 0.5) is 9.59 Å². The maximum Gasteiger partial charge on any atom is 0.336 e. The molecule has 0 spiro atoms. The third kappa shape index (κ3) is 6.74. The lowest BCUT2D eigenvalue weighted by atomic mass is 10.1. The van der Waals surface area contributed by atoms with Crippen LogP contribution >= 0.6 is 0 Å². The van der Waals surface area contributed by atoms with Crippen molar-refractivity contribution in [2.45, 2.75) is 57.8 Å². The van der Waals surface area contributed by atoms with Gasteiger partial charge in [-0.05, 0) is 25.7 Å². The van der Waals surface area contributed by atoms with E-state index in [1.165, 1.54) is 15.9 Å². The molecule has 0 atom stereocenters. The van der Waals surface area contributed by atoms with Gasteiger partial charge < -0.3 is 4.79 Å². The number of hydrogen-bond acceptors (Lipinski definition) is 5. The number of amides is 4. The Bertz CT molecular complexity index is 431. The van der Waals surface area contributed by atoms with Crippen LogP contribution < -0.4 is 0 Å². The fraction of sp³-hybridized carbons (Fsp3) is 0.750. The zero-order chi connectivity index (χ0) is 16.9. The van der Waals surface area contributed by atoms with Gasteiger partial charge in [0.1, 0.15) is 6.29 Å². The number of unbranched alkanes of at least 4 members (excludes halogenated alkanes) is 7. The Morgan fingerprint density at radius 1 is 0.826 bits per heavy atom. The van der Waals surface area contributed by atoms with Crippen LogP contribution in [-0.2, 0) is 9.59 Å². The molecule has 7 nitrogen and oxygen atoms in total. The number of rotatable bonds is 14. The minimum atomic E-state index is -0.201. The summed E-state index contributed by atoms with van der Waals surface area (Å²) in [6.07, 6.45) is 9.97. The highest BCUT2D eigenvalue weighted by Gasteiger charge is 2.42. The SMILES string of the molecule is O=C=NCCCCCCN1C(=O)N(CCCCCCC=O)C1=O. The lowest BCUT2D eigenvalue weighted by molar-refractivity contribution is -0.107. The van der Waals surface area contributed by atoms with E-state index < -0.39 is 0 Å². The first-order valence-corrected chi connectivity index (χ1v) is 8.32. The van der Waals surface area contributed by atoms with Gasteiger partial charge in [0, 0.05) is 19.5 Å². The molecular weight excluding hydrogens is 298 g/mol. The molecule has 0 aliphatic carbocycles. The summed E-state index contributed by atoms with van der Waals surface area (Å²) in [6.45, 7) is 1.43. The van der Waals surface area contributed by atoms with Crippen molar-refractivity contribution in [3.8, 4) is 0 Å². The first-order chi connectivity index (χ1) is 11.2. The molecule has 1 fully saturated rings. The molecule has 0 radical (unpaired) electrons. The van der Waals surface area contributed by atoms with E-state index in [0.717, 1.165) is 57.7 Å². The molecule has 0 aromatic heterocycles. The molecule has 23 heavy (non-hydrogen) atoms. The van der Waals surface area contributed by atoms with Gasteiger partial charge in [-0.3, -0.25) is 0 Å². The van der Waals surface area contributed by atoms with Crippen molar-refractivity contribution in [2.24, 2.45) is 4.99 Å². The van der Waals surface area contributed by atoms with Crippen LogP contribution in [-0.4, -0.2) is 53.9 Å². The first-order valence-electron chi connectivity index (χ1n) is 8.32. The summed E-state index contributed by atoms with van der Waals surface area (Å²) in [4.78, 5) is 49.8. The minimum absolute atomic E-state index is 0.201. The standard InChI is InChI=1S/C16H25N3O4/c20-13-9-5-1-3-7-11-18-15(22)19(16(18)23)12-8-4-2-6-10-17-14-21/h13H,1-12H2. The Labute approximate surface area is 136 Å². The van der Waals surface area contributed by atoms with E-state index in [9.17, 15) is 19.2 Å². The van der Waals surface area contributed by atoms with Crippen LogP contribution in [0.1, 0.15) is 57.8 Å². The summed E-state index contributed by atoms with van der Waals surface area (Å²) < 4.78 is 0. The van der Waals surface area contributed by atoms with Gasteiger partial charge >= 0.3 is 12.1 Å². The number of carbonyl (C=O) groups excluding carboxylic acids is 4. The third-order valence-corrected chi connectivity index (χ3v) is 3.84. The quantitative estimate of drug-likeness (QED) is 0.213. The molecule has 1 aliphatic rings. The molecule has 0 aromatic carbocycles. The molecule has 1 heterocycles. The van der Waals surface area contributed by atoms with E-state index in [1.807, 2.05) is 0 Å². The number of imide groups is 2. The van der Waals surface area contributed by atoms with Crippen molar-refractivity contribution in [1.82, 2.24) is 9.80 Å². The predicted octanol–water partition coefficient (Wildman–Crippen LogP) is 2.89. The summed E-state index contributed by atoms with van der Waals surface area (Å²) in [5, 5.41) is 0. The molecule has 4 amide bonds. The van der Waals surface area contributed by atoms with Gasteiger partial charge in [0.15, 0.2) is 0 Å². The van der Waals surface area contributed by atoms with Crippen molar-refractivity contribution < 1.29 is 19.2 Å². The van der Waals surface area contributed by atoms with Gasteiger partial charge in [0.2, 0.25) is 6.08 Å². The van der Waals surface area contributed by atoms with Crippen LogP contribution in [0.5, 0.6) is 0 Å². The van der Waals surface area contributed by atoms with Gasteiger partial charge in [-0.15, -0.1) is 0 Å². The second-order valence-electron chi connectivity index (χ2n) is 5.63. The second kappa shape index (κ2) is 11.5.